The lowest BCUT2D eigenvalue weighted by Crippen LogP contribution is -2.40. The Balaban J connectivity index is 0.000000434. The Kier molecular flexibility index (Phi) is 11.7. The molecule has 2 aliphatic heterocycles. The van der Waals surface area contributed by atoms with Gasteiger partial charge in [-0.25, -0.2) is 0 Å². The first kappa shape index (κ1) is 29.2. The van der Waals surface area contributed by atoms with E-state index in [2.05, 4.69) is 25.4 Å². The van der Waals surface area contributed by atoms with Gasteiger partial charge in [-0.05, 0) is 56.4 Å². The number of anilines is 3. The lowest BCUT2D eigenvalue weighted by molar-refractivity contribution is 0.0303. The minimum atomic E-state index is -0.707. The van der Waals surface area contributed by atoms with Crippen LogP contribution in [-0.4, -0.2) is 77.3 Å². The summed E-state index contributed by atoms with van der Waals surface area (Å²) in [6, 6.07) is 7.56. The third-order valence-electron chi connectivity index (χ3n) is 6.64. The van der Waals surface area contributed by atoms with Crippen molar-refractivity contribution in [3.63, 3.8) is 0 Å². The Bertz CT molecular complexity index is 1020. The van der Waals surface area contributed by atoms with Gasteiger partial charge in [-0.15, -0.1) is 10.2 Å². The Labute approximate surface area is 225 Å². The van der Waals surface area contributed by atoms with Crippen LogP contribution in [0.15, 0.2) is 24.3 Å². The number of benzene rings is 1. The Hall–Kier alpha value is -3.31. The van der Waals surface area contributed by atoms with E-state index in [1.807, 2.05) is 13.8 Å². The minimum absolute atomic E-state index is 0.0239. The predicted octanol–water partition coefficient (Wildman–Crippen LogP) is 3.09. The lowest BCUT2D eigenvalue weighted by atomic mass is 10.1. The average molecular weight is 527 g/mol. The molecule has 0 radical (unpaired) electrons. The van der Waals surface area contributed by atoms with Crippen molar-refractivity contribution in [1.82, 2.24) is 20.1 Å². The molecule has 5 rings (SSSR count). The van der Waals surface area contributed by atoms with Crippen molar-refractivity contribution < 1.29 is 14.3 Å². The van der Waals surface area contributed by atoms with Gasteiger partial charge in [-0.1, -0.05) is 26.7 Å². The first-order valence-electron chi connectivity index (χ1n) is 13.8. The van der Waals surface area contributed by atoms with Crippen LogP contribution in [0.5, 0.6) is 0 Å². The highest BCUT2D eigenvalue weighted by Gasteiger charge is 2.21. The molecule has 2 amide bonds. The number of rotatable bonds is 5. The van der Waals surface area contributed by atoms with Crippen LogP contribution in [0, 0.1) is 0 Å². The molecule has 0 atom stereocenters. The highest BCUT2D eigenvalue weighted by Crippen LogP contribution is 2.22. The number of ether oxygens (including phenoxy) is 1. The smallest absolute Gasteiger partial charge is 0.273 e. The first-order chi connectivity index (χ1) is 18.5. The molecule has 3 fully saturated rings. The van der Waals surface area contributed by atoms with E-state index in [0.29, 0.717) is 49.5 Å². The van der Waals surface area contributed by atoms with Crippen LogP contribution in [0.25, 0.3) is 0 Å². The molecule has 11 nitrogen and oxygen atoms in total. The number of nitrogens with two attached hydrogens (primary N) is 2. The molecule has 1 aromatic carbocycles. The van der Waals surface area contributed by atoms with Crippen molar-refractivity contribution in [1.29, 1.82) is 0 Å². The number of primary amides is 1. The van der Waals surface area contributed by atoms with Gasteiger partial charge in [0, 0.05) is 43.5 Å². The first-order valence-corrected chi connectivity index (χ1v) is 13.8. The number of piperidine rings is 1. The Morgan fingerprint density at radius 2 is 1.55 bits per heavy atom. The van der Waals surface area contributed by atoms with E-state index < -0.39 is 5.91 Å². The summed E-state index contributed by atoms with van der Waals surface area (Å²) in [7, 11) is 0. The van der Waals surface area contributed by atoms with Crippen molar-refractivity contribution in [2.24, 2.45) is 11.5 Å². The van der Waals surface area contributed by atoms with E-state index in [-0.39, 0.29) is 17.4 Å². The largest absolute Gasteiger partial charge is 0.378 e. The third-order valence-corrected chi connectivity index (χ3v) is 6.64. The molecule has 208 valence electrons. The van der Waals surface area contributed by atoms with E-state index >= 15 is 0 Å². The van der Waals surface area contributed by atoms with E-state index in [1.54, 1.807) is 29.2 Å². The number of amides is 2. The monoisotopic (exact) mass is 526 g/mol. The maximum absolute atomic E-state index is 12.6. The maximum atomic E-state index is 12.6. The van der Waals surface area contributed by atoms with Gasteiger partial charge in [0.05, 0.1) is 13.2 Å². The fourth-order valence-electron chi connectivity index (χ4n) is 4.54. The summed E-state index contributed by atoms with van der Waals surface area (Å²) in [6.07, 6.45) is 8.58. The number of morpholine rings is 1. The van der Waals surface area contributed by atoms with Gasteiger partial charge in [-0.2, -0.15) is 4.98 Å². The number of carbonyl (C=O) groups is 2. The van der Waals surface area contributed by atoms with Crippen LogP contribution in [0.4, 0.5) is 17.5 Å². The van der Waals surface area contributed by atoms with E-state index in [1.165, 1.54) is 32.1 Å². The molecule has 1 aromatic heterocycles. The van der Waals surface area contributed by atoms with Crippen molar-refractivity contribution in [2.75, 3.05) is 49.6 Å². The van der Waals surface area contributed by atoms with Crippen molar-refractivity contribution >= 4 is 29.3 Å². The molecule has 1 aliphatic carbocycles. The number of hydrogen-bond donors (Lipinski definition) is 3. The quantitative estimate of drug-likeness (QED) is 0.533. The number of nitrogens with zero attached hydrogens (tertiary/aromatic N) is 5. The topological polar surface area (TPSA) is 153 Å². The van der Waals surface area contributed by atoms with Crippen LogP contribution in [0.1, 0.15) is 79.6 Å². The number of nitrogens with one attached hydrogen (secondary N) is 1. The van der Waals surface area contributed by atoms with Gasteiger partial charge in [-0.3, -0.25) is 9.59 Å². The SMILES string of the molecule is CC.NC(=O)c1nnc(N2CCCCC2)nc1Nc1ccc(C(=O)N2CCOCC2)cc1.NC1CCCC1. The van der Waals surface area contributed by atoms with E-state index in [4.69, 9.17) is 16.2 Å². The summed E-state index contributed by atoms with van der Waals surface area (Å²) >= 11 is 0. The van der Waals surface area contributed by atoms with Gasteiger partial charge >= 0.3 is 0 Å². The van der Waals surface area contributed by atoms with Gasteiger partial charge in [0.1, 0.15) is 0 Å². The van der Waals surface area contributed by atoms with E-state index in [9.17, 15) is 9.59 Å². The average Bonchev–Trinajstić information content (AvgIpc) is 3.46. The summed E-state index contributed by atoms with van der Waals surface area (Å²) in [5.74, 6) is -0.00721. The molecule has 11 heteroatoms. The van der Waals surface area contributed by atoms with Gasteiger partial charge < -0.3 is 31.3 Å². The summed E-state index contributed by atoms with van der Waals surface area (Å²) in [5.41, 5.74) is 12.2. The molecule has 2 aromatic rings. The zero-order chi connectivity index (χ0) is 27.3. The maximum Gasteiger partial charge on any atom is 0.273 e. The summed E-state index contributed by atoms with van der Waals surface area (Å²) < 4.78 is 5.29. The molecule has 3 aliphatic rings. The third kappa shape index (κ3) is 8.35. The second-order valence-electron chi connectivity index (χ2n) is 9.37. The zero-order valence-electron chi connectivity index (χ0n) is 22.7. The number of hydrogen-bond acceptors (Lipinski definition) is 9. The summed E-state index contributed by atoms with van der Waals surface area (Å²) in [5, 5.41) is 11.2. The van der Waals surface area contributed by atoms with Crippen molar-refractivity contribution in [2.45, 2.75) is 64.8 Å². The summed E-state index contributed by atoms with van der Waals surface area (Å²) in [4.78, 5) is 32.7. The van der Waals surface area contributed by atoms with Gasteiger partial charge in [0.2, 0.25) is 5.95 Å². The Morgan fingerprint density at radius 3 is 2.11 bits per heavy atom. The van der Waals surface area contributed by atoms with Crippen LogP contribution >= 0.6 is 0 Å². The normalized spacial score (nSPS) is 17.6. The minimum Gasteiger partial charge on any atom is -0.378 e. The van der Waals surface area contributed by atoms with Crippen LogP contribution in [0.2, 0.25) is 0 Å². The fourth-order valence-corrected chi connectivity index (χ4v) is 4.54. The molecule has 3 heterocycles. The van der Waals surface area contributed by atoms with Crippen molar-refractivity contribution in [3.8, 4) is 0 Å². The highest BCUT2D eigenvalue weighted by molar-refractivity contribution is 5.97. The van der Waals surface area contributed by atoms with Crippen molar-refractivity contribution in [3.05, 3.63) is 35.5 Å². The van der Waals surface area contributed by atoms with Gasteiger partial charge in [0.15, 0.2) is 11.5 Å². The molecule has 5 N–H and O–H groups in total. The Morgan fingerprint density at radius 1 is 0.921 bits per heavy atom. The molecular formula is C27H42N8O3. The van der Waals surface area contributed by atoms with Gasteiger partial charge in [0.25, 0.3) is 11.8 Å². The second-order valence-corrected chi connectivity index (χ2v) is 9.37. The van der Waals surface area contributed by atoms with Crippen LogP contribution in [-0.2, 0) is 4.74 Å². The highest BCUT2D eigenvalue weighted by atomic mass is 16.5. The molecule has 38 heavy (non-hydrogen) atoms. The van der Waals surface area contributed by atoms with E-state index in [0.717, 1.165) is 25.9 Å². The number of aromatic nitrogens is 3. The zero-order valence-corrected chi connectivity index (χ0v) is 22.7. The fraction of sp³-hybridized carbons (Fsp3) is 0.593. The molecule has 0 spiro atoms. The number of carbonyl (C=O) groups excluding carboxylic acids is 2. The molecule has 1 saturated carbocycles. The molecule has 0 unspecified atom stereocenters. The standard InChI is InChI=1S/C20H25N7O3.C5H11N.C2H6/c21-17(28)16-18(23-20(25-24-16)27-8-2-1-3-9-27)22-15-6-4-14(5-7-15)19(29)26-10-12-30-13-11-26;6-5-3-1-2-4-5;1-2/h4-7H,1-3,8-13H2,(H2,21,28)(H,22,23,25);5H,1-4,6H2;1-2H3. The molecule has 0 bridgehead atoms. The molecule has 2 saturated heterocycles. The van der Waals surface area contributed by atoms with Crippen LogP contribution < -0.4 is 21.7 Å². The predicted molar refractivity (Wildman–Crippen MR) is 149 cm³/mol. The lowest BCUT2D eigenvalue weighted by Gasteiger charge is -2.27. The summed E-state index contributed by atoms with van der Waals surface area (Å²) in [6.45, 7) is 8.01. The molecular weight excluding hydrogens is 484 g/mol. The second kappa shape index (κ2) is 15.2. The van der Waals surface area contributed by atoms with Crippen LogP contribution in [0.3, 0.4) is 0 Å².